The highest BCUT2D eigenvalue weighted by molar-refractivity contribution is 6.09. The fourth-order valence-electron chi connectivity index (χ4n) is 2.35. The molecule has 20 heavy (non-hydrogen) atoms. The topological polar surface area (TPSA) is 77.8 Å². The van der Waals surface area contributed by atoms with Gasteiger partial charge < -0.3 is 19.1 Å². The Hall–Kier alpha value is -2.50. The SMILES string of the molecule is Cn1cc(C(=O)CCC(=O)O)c2cc3c(cc21)OCO3. The predicted molar refractivity (Wildman–Crippen MR) is 70.2 cm³/mol. The summed E-state index contributed by atoms with van der Waals surface area (Å²) in [4.78, 5) is 22.7. The summed E-state index contributed by atoms with van der Waals surface area (Å²) in [7, 11) is 1.83. The number of carbonyl (C=O) groups is 2. The summed E-state index contributed by atoms with van der Waals surface area (Å²) in [5, 5.41) is 9.42. The van der Waals surface area contributed by atoms with Crippen LogP contribution in [0.15, 0.2) is 18.3 Å². The van der Waals surface area contributed by atoms with Crippen LogP contribution in [0.25, 0.3) is 10.9 Å². The maximum atomic E-state index is 12.1. The molecule has 3 rings (SSSR count). The van der Waals surface area contributed by atoms with Crippen molar-refractivity contribution in [3.63, 3.8) is 0 Å². The molecule has 1 aromatic carbocycles. The summed E-state index contributed by atoms with van der Waals surface area (Å²) in [6.07, 6.45) is 1.53. The van der Waals surface area contributed by atoms with E-state index in [1.54, 1.807) is 12.3 Å². The van der Waals surface area contributed by atoms with Crippen molar-refractivity contribution in [1.82, 2.24) is 4.57 Å². The Bertz CT molecular complexity index is 716. The summed E-state index contributed by atoms with van der Waals surface area (Å²) in [5.74, 6) is 0.104. The molecule has 1 aromatic heterocycles. The molecule has 2 aromatic rings. The minimum Gasteiger partial charge on any atom is -0.481 e. The van der Waals surface area contributed by atoms with Crippen LogP contribution < -0.4 is 9.47 Å². The van der Waals surface area contributed by atoms with Crippen LogP contribution in [0.5, 0.6) is 11.5 Å². The molecular formula is C14H13NO5. The third kappa shape index (κ3) is 1.99. The van der Waals surface area contributed by atoms with Gasteiger partial charge in [-0.05, 0) is 6.07 Å². The van der Waals surface area contributed by atoms with Crippen molar-refractivity contribution in [2.45, 2.75) is 12.8 Å². The van der Waals surface area contributed by atoms with Crippen LogP contribution in [0.4, 0.5) is 0 Å². The zero-order valence-corrected chi connectivity index (χ0v) is 10.9. The van der Waals surface area contributed by atoms with Gasteiger partial charge in [-0.1, -0.05) is 0 Å². The van der Waals surface area contributed by atoms with E-state index in [4.69, 9.17) is 14.6 Å². The second-order valence-electron chi connectivity index (χ2n) is 4.69. The smallest absolute Gasteiger partial charge is 0.303 e. The molecule has 0 radical (unpaired) electrons. The molecule has 0 amide bonds. The molecule has 0 fully saturated rings. The van der Waals surface area contributed by atoms with Gasteiger partial charge in [0.25, 0.3) is 0 Å². The first kappa shape index (κ1) is 12.5. The molecule has 0 saturated carbocycles. The standard InChI is InChI=1S/C14H13NO5/c1-15-6-9(11(16)2-3-14(17)18)8-4-12-13(5-10(8)15)20-7-19-12/h4-6H,2-3,7H2,1H3,(H,17,18). The summed E-state index contributed by atoms with van der Waals surface area (Å²) in [6.45, 7) is 0.175. The van der Waals surface area contributed by atoms with Gasteiger partial charge in [-0.3, -0.25) is 9.59 Å². The highest BCUT2D eigenvalue weighted by Crippen LogP contribution is 2.37. The van der Waals surface area contributed by atoms with E-state index < -0.39 is 5.97 Å². The van der Waals surface area contributed by atoms with Crippen LogP contribution in [0.3, 0.4) is 0 Å². The molecule has 0 bridgehead atoms. The van der Waals surface area contributed by atoms with Crippen LogP contribution in [-0.2, 0) is 11.8 Å². The van der Waals surface area contributed by atoms with Gasteiger partial charge in [0.1, 0.15) is 0 Å². The zero-order valence-electron chi connectivity index (χ0n) is 10.9. The van der Waals surface area contributed by atoms with Gasteiger partial charge in [0.15, 0.2) is 17.3 Å². The van der Waals surface area contributed by atoms with Gasteiger partial charge in [0, 0.05) is 36.7 Å². The van der Waals surface area contributed by atoms with Gasteiger partial charge in [0.2, 0.25) is 6.79 Å². The van der Waals surface area contributed by atoms with Gasteiger partial charge >= 0.3 is 5.97 Å². The average Bonchev–Trinajstić information content (AvgIpc) is 2.98. The van der Waals surface area contributed by atoms with Crippen LogP contribution in [0.1, 0.15) is 23.2 Å². The molecule has 1 aliphatic heterocycles. The lowest BCUT2D eigenvalue weighted by Crippen LogP contribution is -2.03. The molecule has 2 heterocycles. The number of carbonyl (C=O) groups excluding carboxylic acids is 1. The molecule has 0 saturated heterocycles. The van der Waals surface area contributed by atoms with Crippen LogP contribution >= 0.6 is 0 Å². The van der Waals surface area contributed by atoms with E-state index in [0.29, 0.717) is 17.1 Å². The summed E-state index contributed by atoms with van der Waals surface area (Å²) in [5.41, 5.74) is 1.37. The maximum absolute atomic E-state index is 12.1. The lowest BCUT2D eigenvalue weighted by Gasteiger charge is -2.00. The average molecular weight is 275 g/mol. The van der Waals surface area contributed by atoms with E-state index in [1.165, 1.54) is 0 Å². The fraction of sp³-hybridized carbons (Fsp3) is 0.286. The van der Waals surface area contributed by atoms with E-state index in [0.717, 1.165) is 10.9 Å². The van der Waals surface area contributed by atoms with Gasteiger partial charge in [-0.15, -0.1) is 0 Å². The molecule has 1 aliphatic rings. The number of ether oxygens (including phenoxy) is 2. The third-order valence-corrected chi connectivity index (χ3v) is 3.35. The van der Waals surface area contributed by atoms with E-state index in [1.807, 2.05) is 17.7 Å². The quantitative estimate of drug-likeness (QED) is 0.863. The lowest BCUT2D eigenvalue weighted by atomic mass is 10.1. The number of hydrogen-bond donors (Lipinski definition) is 1. The van der Waals surface area contributed by atoms with E-state index in [9.17, 15) is 9.59 Å². The number of aliphatic carboxylic acids is 1. The van der Waals surface area contributed by atoms with Crippen molar-refractivity contribution in [2.75, 3.05) is 6.79 Å². The minimum atomic E-state index is -0.976. The Morgan fingerprint density at radius 2 is 1.95 bits per heavy atom. The van der Waals surface area contributed by atoms with Gasteiger partial charge in [-0.25, -0.2) is 0 Å². The van der Waals surface area contributed by atoms with Gasteiger partial charge in [-0.2, -0.15) is 0 Å². The number of aryl methyl sites for hydroxylation is 1. The molecule has 0 aliphatic carbocycles. The Labute approximate surface area is 114 Å². The Morgan fingerprint density at radius 3 is 2.65 bits per heavy atom. The van der Waals surface area contributed by atoms with Crippen molar-refractivity contribution in [1.29, 1.82) is 0 Å². The first-order valence-corrected chi connectivity index (χ1v) is 6.20. The number of benzene rings is 1. The molecule has 0 unspecified atom stereocenters. The first-order valence-electron chi connectivity index (χ1n) is 6.20. The number of rotatable bonds is 4. The molecule has 6 heteroatoms. The largest absolute Gasteiger partial charge is 0.481 e. The van der Waals surface area contributed by atoms with Crippen molar-refractivity contribution in [2.24, 2.45) is 7.05 Å². The summed E-state index contributed by atoms with van der Waals surface area (Å²) in [6, 6.07) is 3.59. The number of Topliss-reactive ketones (excluding diaryl/α,β-unsaturated/α-hetero) is 1. The molecule has 104 valence electrons. The summed E-state index contributed by atoms with van der Waals surface area (Å²) >= 11 is 0. The Kier molecular flexibility index (Phi) is 2.85. The highest BCUT2D eigenvalue weighted by Gasteiger charge is 2.20. The monoisotopic (exact) mass is 275 g/mol. The van der Waals surface area contributed by atoms with Crippen molar-refractivity contribution in [3.05, 3.63) is 23.9 Å². The minimum absolute atomic E-state index is 0.0110. The van der Waals surface area contributed by atoms with Gasteiger partial charge in [0.05, 0.1) is 11.9 Å². The second-order valence-corrected chi connectivity index (χ2v) is 4.69. The van der Waals surface area contributed by atoms with Crippen LogP contribution in [0.2, 0.25) is 0 Å². The molecular weight excluding hydrogens is 262 g/mol. The number of nitrogens with zero attached hydrogens (tertiary/aromatic N) is 1. The number of hydrogen-bond acceptors (Lipinski definition) is 4. The number of aromatic nitrogens is 1. The van der Waals surface area contributed by atoms with Crippen molar-refractivity contribution < 1.29 is 24.2 Å². The molecule has 0 atom stereocenters. The fourth-order valence-corrected chi connectivity index (χ4v) is 2.35. The molecule has 1 N–H and O–H groups in total. The van der Waals surface area contributed by atoms with Crippen molar-refractivity contribution in [3.8, 4) is 11.5 Å². The van der Waals surface area contributed by atoms with Crippen LogP contribution in [0, 0.1) is 0 Å². The number of carboxylic acids is 1. The summed E-state index contributed by atoms with van der Waals surface area (Å²) < 4.78 is 12.4. The first-order chi connectivity index (χ1) is 9.56. The number of carboxylic acid groups (broad SMARTS) is 1. The second kappa shape index (κ2) is 4.56. The zero-order chi connectivity index (χ0) is 14.3. The lowest BCUT2D eigenvalue weighted by molar-refractivity contribution is -0.136. The predicted octanol–water partition coefficient (Wildman–Crippen LogP) is 1.95. The van der Waals surface area contributed by atoms with Crippen LogP contribution in [-0.4, -0.2) is 28.2 Å². The number of fused-ring (bicyclic) bond motifs is 2. The van der Waals surface area contributed by atoms with E-state index in [-0.39, 0.29) is 25.4 Å². The third-order valence-electron chi connectivity index (χ3n) is 3.35. The van der Waals surface area contributed by atoms with E-state index >= 15 is 0 Å². The Morgan fingerprint density at radius 1 is 1.25 bits per heavy atom. The van der Waals surface area contributed by atoms with Crippen molar-refractivity contribution >= 4 is 22.7 Å². The molecule has 0 spiro atoms. The van der Waals surface area contributed by atoms with E-state index in [2.05, 4.69) is 0 Å². The highest BCUT2D eigenvalue weighted by atomic mass is 16.7. The molecule has 6 nitrogen and oxygen atoms in total. The Balaban J connectivity index is 2.03. The maximum Gasteiger partial charge on any atom is 0.303 e. The normalized spacial score (nSPS) is 12.8. The number of ketones is 1.